The van der Waals surface area contributed by atoms with Gasteiger partial charge in [-0.1, -0.05) is 17.7 Å². The second-order valence-corrected chi connectivity index (χ2v) is 9.17. The quantitative estimate of drug-likeness (QED) is 0.670. The van der Waals surface area contributed by atoms with E-state index in [4.69, 9.17) is 4.55 Å². The van der Waals surface area contributed by atoms with Crippen LogP contribution in [0.4, 0.5) is 0 Å². The molecule has 0 aliphatic carbocycles. The number of rotatable bonds is 3. The minimum absolute atomic E-state index is 0.151. The maximum absolute atomic E-state index is 11.7. The van der Waals surface area contributed by atoms with Crippen LogP contribution >= 0.6 is 7.14 Å². The molecule has 0 fully saturated rings. The summed E-state index contributed by atoms with van der Waals surface area (Å²) < 4.78 is 43.0. The lowest BCUT2D eigenvalue weighted by Gasteiger charge is -2.11. The molecular formula is C10H15O4PS. The van der Waals surface area contributed by atoms with Crippen molar-refractivity contribution in [3.05, 3.63) is 29.3 Å². The molecular weight excluding hydrogens is 247 g/mol. The molecule has 16 heavy (non-hydrogen) atoms. The molecule has 0 aliphatic heterocycles. The monoisotopic (exact) mass is 262 g/mol. The first-order chi connectivity index (χ1) is 7.09. The number of hydrogen-bond donors (Lipinski definition) is 1. The number of hydrogen-bond acceptors (Lipinski definition) is 3. The second-order valence-electron chi connectivity index (χ2n) is 4.32. The Labute approximate surface area is 95.8 Å². The highest BCUT2D eigenvalue weighted by Gasteiger charge is 2.19. The molecule has 90 valence electrons. The fraction of sp³-hybridized carbons (Fsp3) is 0.400. The van der Waals surface area contributed by atoms with Gasteiger partial charge in [0.15, 0.2) is 0 Å². The summed E-state index contributed by atoms with van der Waals surface area (Å²) in [5, 5.41) is 0. The van der Waals surface area contributed by atoms with E-state index in [1.165, 1.54) is 6.07 Å². The minimum Gasteiger partial charge on any atom is -0.324 e. The van der Waals surface area contributed by atoms with Crippen LogP contribution in [0.3, 0.4) is 0 Å². The van der Waals surface area contributed by atoms with E-state index in [0.29, 0.717) is 5.56 Å². The Morgan fingerprint density at radius 1 is 1.31 bits per heavy atom. The Hall–Kier alpha value is -0.640. The van der Waals surface area contributed by atoms with Gasteiger partial charge in [-0.25, -0.2) is 0 Å². The molecule has 0 spiro atoms. The maximum atomic E-state index is 11.7. The molecule has 1 aromatic rings. The van der Waals surface area contributed by atoms with Gasteiger partial charge in [-0.15, -0.1) is 0 Å². The Morgan fingerprint density at radius 3 is 2.31 bits per heavy atom. The summed E-state index contributed by atoms with van der Waals surface area (Å²) in [6.45, 7) is 4.99. The topological polar surface area (TPSA) is 71.4 Å². The molecule has 0 heterocycles. The highest BCUT2D eigenvalue weighted by molar-refractivity contribution is 7.86. The van der Waals surface area contributed by atoms with Crippen molar-refractivity contribution in [1.82, 2.24) is 0 Å². The second kappa shape index (κ2) is 4.32. The van der Waals surface area contributed by atoms with Gasteiger partial charge < -0.3 is 4.57 Å². The Balaban J connectivity index is 3.36. The SMILES string of the molecule is Cc1ccc(S(=O)(=O)O)c(CP(C)(C)=O)c1. The van der Waals surface area contributed by atoms with E-state index in [2.05, 4.69) is 0 Å². The zero-order valence-electron chi connectivity index (χ0n) is 9.47. The van der Waals surface area contributed by atoms with E-state index in [1.807, 2.05) is 6.92 Å². The maximum Gasteiger partial charge on any atom is 0.294 e. The molecule has 0 aromatic heterocycles. The van der Waals surface area contributed by atoms with Gasteiger partial charge in [0.2, 0.25) is 0 Å². The van der Waals surface area contributed by atoms with Crippen LogP contribution in [-0.4, -0.2) is 26.3 Å². The molecule has 0 radical (unpaired) electrons. The van der Waals surface area contributed by atoms with Crippen LogP contribution in [-0.2, 0) is 20.8 Å². The Bertz CT molecular complexity index is 542. The van der Waals surface area contributed by atoms with Gasteiger partial charge in [-0.2, -0.15) is 8.42 Å². The van der Waals surface area contributed by atoms with Gasteiger partial charge in [0.05, 0.1) is 12.0 Å². The summed E-state index contributed by atoms with van der Waals surface area (Å²) >= 11 is 0. The third-order valence-corrected chi connectivity index (χ3v) is 4.10. The number of aryl methyl sites for hydroxylation is 1. The molecule has 4 nitrogen and oxygen atoms in total. The van der Waals surface area contributed by atoms with Gasteiger partial charge in [-0.3, -0.25) is 4.55 Å². The van der Waals surface area contributed by atoms with Gasteiger partial charge in [0.25, 0.3) is 10.1 Å². The van der Waals surface area contributed by atoms with E-state index < -0.39 is 17.3 Å². The first-order valence-electron chi connectivity index (χ1n) is 4.70. The standard InChI is InChI=1S/C10H15O4PS/c1-8-4-5-10(16(12,13)14)9(6-8)7-15(2,3)11/h4-6H,7H2,1-3H3,(H,12,13,14). The number of benzene rings is 1. The summed E-state index contributed by atoms with van der Waals surface area (Å²) in [4.78, 5) is -0.151. The molecule has 0 amide bonds. The summed E-state index contributed by atoms with van der Waals surface area (Å²) in [6.07, 6.45) is 0.170. The van der Waals surface area contributed by atoms with Gasteiger partial charge >= 0.3 is 0 Å². The fourth-order valence-electron chi connectivity index (χ4n) is 1.49. The highest BCUT2D eigenvalue weighted by atomic mass is 32.2. The molecule has 0 bridgehead atoms. The van der Waals surface area contributed by atoms with Crippen molar-refractivity contribution in [3.63, 3.8) is 0 Å². The average Bonchev–Trinajstić information content (AvgIpc) is 1.97. The average molecular weight is 262 g/mol. The van der Waals surface area contributed by atoms with Crippen LogP contribution in [0.25, 0.3) is 0 Å². The van der Waals surface area contributed by atoms with Crippen molar-refractivity contribution in [2.75, 3.05) is 13.3 Å². The summed E-state index contributed by atoms with van der Waals surface area (Å²) in [5.41, 5.74) is 1.28. The molecule has 1 rings (SSSR count). The van der Waals surface area contributed by atoms with Gasteiger partial charge in [0, 0.05) is 6.16 Å². The van der Waals surface area contributed by atoms with Crippen LogP contribution in [0.1, 0.15) is 11.1 Å². The van der Waals surface area contributed by atoms with Crippen LogP contribution in [0.15, 0.2) is 23.1 Å². The van der Waals surface area contributed by atoms with Crippen molar-refractivity contribution >= 4 is 17.3 Å². The normalized spacial score (nSPS) is 12.8. The third kappa shape index (κ3) is 3.74. The Morgan fingerprint density at radius 2 is 1.88 bits per heavy atom. The minimum atomic E-state index is -4.24. The van der Waals surface area contributed by atoms with Crippen LogP contribution in [0.2, 0.25) is 0 Å². The predicted octanol–water partition coefficient (Wildman–Crippen LogP) is 2.36. The summed E-state index contributed by atoms with van der Waals surface area (Å²) in [7, 11) is -6.62. The largest absolute Gasteiger partial charge is 0.324 e. The van der Waals surface area contributed by atoms with Crippen molar-refractivity contribution in [1.29, 1.82) is 0 Å². The zero-order chi connectivity index (χ0) is 12.6. The third-order valence-electron chi connectivity index (χ3n) is 2.05. The molecule has 0 saturated heterocycles. The molecule has 6 heteroatoms. The Kier molecular flexibility index (Phi) is 3.62. The van der Waals surface area contributed by atoms with Crippen molar-refractivity contribution in [2.45, 2.75) is 18.0 Å². The highest BCUT2D eigenvalue weighted by Crippen LogP contribution is 2.41. The lowest BCUT2D eigenvalue weighted by Crippen LogP contribution is -2.03. The van der Waals surface area contributed by atoms with Gasteiger partial charge in [-0.05, 0) is 31.9 Å². The molecule has 1 aromatic carbocycles. The molecule has 0 saturated carbocycles. The van der Waals surface area contributed by atoms with Crippen LogP contribution in [0.5, 0.6) is 0 Å². The van der Waals surface area contributed by atoms with Crippen molar-refractivity contribution in [2.24, 2.45) is 0 Å². The van der Waals surface area contributed by atoms with E-state index in [0.717, 1.165) is 5.56 Å². The van der Waals surface area contributed by atoms with Gasteiger partial charge in [0.1, 0.15) is 0 Å². The molecule has 0 atom stereocenters. The van der Waals surface area contributed by atoms with E-state index in [9.17, 15) is 13.0 Å². The smallest absolute Gasteiger partial charge is 0.294 e. The first kappa shape index (κ1) is 13.4. The summed E-state index contributed by atoms with van der Waals surface area (Å²) in [6, 6.07) is 4.58. The summed E-state index contributed by atoms with van der Waals surface area (Å²) in [5.74, 6) is 0. The van der Waals surface area contributed by atoms with E-state index >= 15 is 0 Å². The first-order valence-corrected chi connectivity index (χ1v) is 8.93. The fourth-order valence-corrected chi connectivity index (χ4v) is 3.39. The lowest BCUT2D eigenvalue weighted by atomic mass is 10.2. The van der Waals surface area contributed by atoms with E-state index in [1.54, 1.807) is 25.5 Å². The van der Waals surface area contributed by atoms with Crippen molar-refractivity contribution in [3.8, 4) is 0 Å². The molecule has 0 unspecified atom stereocenters. The zero-order valence-corrected chi connectivity index (χ0v) is 11.2. The molecule has 0 aliphatic rings. The van der Waals surface area contributed by atoms with E-state index in [-0.39, 0.29) is 11.1 Å². The molecule has 1 N–H and O–H groups in total. The predicted molar refractivity (Wildman–Crippen MR) is 64.2 cm³/mol. The van der Waals surface area contributed by atoms with Crippen LogP contribution < -0.4 is 0 Å². The lowest BCUT2D eigenvalue weighted by molar-refractivity contribution is 0.482. The van der Waals surface area contributed by atoms with Crippen molar-refractivity contribution < 1.29 is 17.5 Å². The van der Waals surface area contributed by atoms with Crippen LogP contribution in [0, 0.1) is 6.92 Å².